The van der Waals surface area contributed by atoms with Crippen molar-refractivity contribution in [3.8, 4) is 5.75 Å². The quantitative estimate of drug-likeness (QED) is 0.735. The van der Waals surface area contributed by atoms with Gasteiger partial charge in [-0.05, 0) is 31.7 Å². The van der Waals surface area contributed by atoms with Crippen LogP contribution in [0.25, 0.3) is 0 Å². The van der Waals surface area contributed by atoms with Crippen LogP contribution in [0.4, 0.5) is 0 Å². The number of likely N-dealkylation sites (N-methyl/N-ethyl adjacent to an activating group) is 1. The van der Waals surface area contributed by atoms with Gasteiger partial charge in [0.15, 0.2) is 0 Å². The lowest BCUT2D eigenvalue weighted by Crippen LogP contribution is -2.30. The Morgan fingerprint density at radius 3 is 2.43 bits per heavy atom. The van der Waals surface area contributed by atoms with E-state index in [1.54, 1.807) is 25.3 Å². The number of carbonyl (C=O) groups excluding carboxylic acids is 1. The molecule has 4 heteroatoms. The highest BCUT2D eigenvalue weighted by atomic mass is 16.5. The molecule has 0 spiro atoms. The molecule has 0 fully saturated rings. The second kappa shape index (κ2) is 8.34. The predicted molar refractivity (Wildman–Crippen MR) is 90.6 cm³/mol. The summed E-state index contributed by atoms with van der Waals surface area (Å²) in [5, 5.41) is 0. The van der Waals surface area contributed by atoms with E-state index in [4.69, 9.17) is 9.47 Å². The summed E-state index contributed by atoms with van der Waals surface area (Å²) in [6, 6.07) is 17.3. The molecule has 0 bridgehead atoms. The maximum absolute atomic E-state index is 12.3. The molecular weight excluding hydrogens is 290 g/mol. The second-order valence-electron chi connectivity index (χ2n) is 5.60. The minimum atomic E-state index is -0.358. The van der Waals surface area contributed by atoms with Crippen LogP contribution in [0.5, 0.6) is 5.75 Å². The van der Waals surface area contributed by atoms with E-state index in [1.165, 1.54) is 5.56 Å². The second-order valence-corrected chi connectivity index (χ2v) is 5.60. The summed E-state index contributed by atoms with van der Waals surface area (Å²) < 4.78 is 10.7. The van der Waals surface area contributed by atoms with Gasteiger partial charge in [0.1, 0.15) is 17.4 Å². The van der Waals surface area contributed by atoms with Crippen LogP contribution < -0.4 is 4.74 Å². The Kier molecular flexibility index (Phi) is 6.18. The maximum atomic E-state index is 12.3. The van der Waals surface area contributed by atoms with E-state index < -0.39 is 0 Å². The molecule has 122 valence electrons. The molecule has 0 amide bonds. The van der Waals surface area contributed by atoms with E-state index in [-0.39, 0.29) is 12.1 Å². The molecule has 0 aliphatic carbocycles. The standard InChI is InChI=1S/C19H23NO3/c1-15(13-20(2)14-16-9-5-4-6-10-16)23-19(21)17-11-7-8-12-18(17)22-3/h4-12,15H,13-14H2,1-3H3. The third kappa shape index (κ3) is 5.11. The molecule has 0 heterocycles. The van der Waals surface area contributed by atoms with Crippen LogP contribution in [0.3, 0.4) is 0 Å². The monoisotopic (exact) mass is 313 g/mol. The van der Waals surface area contributed by atoms with Crippen molar-refractivity contribution < 1.29 is 14.3 Å². The van der Waals surface area contributed by atoms with Gasteiger partial charge in [0.2, 0.25) is 0 Å². The van der Waals surface area contributed by atoms with Crippen LogP contribution in [0.1, 0.15) is 22.8 Å². The normalized spacial score (nSPS) is 12.0. The molecule has 0 saturated heterocycles. The molecule has 0 aliphatic heterocycles. The Hall–Kier alpha value is -2.33. The van der Waals surface area contributed by atoms with E-state index in [1.807, 2.05) is 38.2 Å². The van der Waals surface area contributed by atoms with Crippen LogP contribution in [-0.2, 0) is 11.3 Å². The Morgan fingerprint density at radius 1 is 1.09 bits per heavy atom. The van der Waals surface area contributed by atoms with Crippen molar-refractivity contribution in [2.75, 3.05) is 20.7 Å². The summed E-state index contributed by atoms with van der Waals surface area (Å²) in [6.07, 6.45) is -0.207. The van der Waals surface area contributed by atoms with Crippen molar-refractivity contribution in [2.45, 2.75) is 19.6 Å². The summed E-state index contributed by atoms with van der Waals surface area (Å²) in [5.74, 6) is 0.172. The van der Waals surface area contributed by atoms with Gasteiger partial charge in [-0.25, -0.2) is 4.79 Å². The largest absolute Gasteiger partial charge is 0.496 e. The highest BCUT2D eigenvalue weighted by Gasteiger charge is 2.17. The zero-order valence-electron chi connectivity index (χ0n) is 13.9. The minimum absolute atomic E-state index is 0.207. The van der Waals surface area contributed by atoms with E-state index in [0.29, 0.717) is 17.9 Å². The van der Waals surface area contributed by atoms with Crippen LogP contribution in [0, 0.1) is 0 Å². The molecule has 0 radical (unpaired) electrons. The van der Waals surface area contributed by atoms with Crippen molar-refractivity contribution in [2.24, 2.45) is 0 Å². The highest BCUT2D eigenvalue weighted by Crippen LogP contribution is 2.19. The number of para-hydroxylation sites is 1. The number of carbonyl (C=O) groups is 1. The first-order chi connectivity index (χ1) is 11.1. The van der Waals surface area contributed by atoms with Gasteiger partial charge in [-0.1, -0.05) is 42.5 Å². The molecule has 0 N–H and O–H groups in total. The number of ether oxygens (including phenoxy) is 2. The van der Waals surface area contributed by atoms with E-state index in [9.17, 15) is 4.79 Å². The lowest BCUT2D eigenvalue weighted by molar-refractivity contribution is 0.0264. The first kappa shape index (κ1) is 17.0. The smallest absolute Gasteiger partial charge is 0.342 e. The summed E-state index contributed by atoms with van der Waals surface area (Å²) in [4.78, 5) is 14.4. The average molecular weight is 313 g/mol. The zero-order valence-corrected chi connectivity index (χ0v) is 13.9. The van der Waals surface area contributed by atoms with Gasteiger partial charge in [-0.15, -0.1) is 0 Å². The SMILES string of the molecule is COc1ccccc1C(=O)OC(C)CN(C)Cc1ccccc1. The summed E-state index contributed by atoms with van der Waals surface area (Å²) in [6.45, 7) is 3.38. The number of nitrogens with zero attached hydrogens (tertiary/aromatic N) is 1. The Balaban J connectivity index is 1.88. The Morgan fingerprint density at radius 2 is 1.74 bits per heavy atom. The third-order valence-corrected chi connectivity index (χ3v) is 3.50. The molecule has 23 heavy (non-hydrogen) atoms. The van der Waals surface area contributed by atoms with E-state index in [0.717, 1.165) is 6.54 Å². The number of hydrogen-bond donors (Lipinski definition) is 0. The van der Waals surface area contributed by atoms with Gasteiger partial charge in [0.05, 0.1) is 7.11 Å². The fraction of sp³-hybridized carbons (Fsp3) is 0.316. The van der Waals surface area contributed by atoms with Crippen molar-refractivity contribution in [1.29, 1.82) is 0 Å². The first-order valence-electron chi connectivity index (χ1n) is 7.66. The van der Waals surface area contributed by atoms with Gasteiger partial charge in [-0.3, -0.25) is 4.90 Å². The Labute approximate surface area is 137 Å². The minimum Gasteiger partial charge on any atom is -0.496 e. The number of rotatable bonds is 7. The first-order valence-corrected chi connectivity index (χ1v) is 7.66. The van der Waals surface area contributed by atoms with Crippen LogP contribution >= 0.6 is 0 Å². The Bertz CT molecular complexity index is 628. The summed E-state index contributed by atoms with van der Waals surface area (Å²) in [5.41, 5.74) is 1.69. The number of methoxy groups -OCH3 is 1. The van der Waals surface area contributed by atoms with Crippen molar-refractivity contribution in [3.05, 3.63) is 65.7 Å². The number of esters is 1. The van der Waals surface area contributed by atoms with Crippen LogP contribution in [0.15, 0.2) is 54.6 Å². The van der Waals surface area contributed by atoms with Gasteiger partial charge < -0.3 is 9.47 Å². The molecule has 4 nitrogen and oxygen atoms in total. The van der Waals surface area contributed by atoms with Crippen molar-refractivity contribution >= 4 is 5.97 Å². The molecule has 0 aromatic heterocycles. The van der Waals surface area contributed by atoms with Gasteiger partial charge >= 0.3 is 5.97 Å². The molecule has 2 aromatic rings. The van der Waals surface area contributed by atoms with Gasteiger partial charge in [0.25, 0.3) is 0 Å². The molecular formula is C19H23NO3. The zero-order chi connectivity index (χ0) is 16.7. The van der Waals surface area contributed by atoms with Crippen molar-refractivity contribution in [3.63, 3.8) is 0 Å². The number of benzene rings is 2. The highest BCUT2D eigenvalue weighted by molar-refractivity contribution is 5.92. The fourth-order valence-corrected chi connectivity index (χ4v) is 2.50. The summed E-state index contributed by atoms with van der Waals surface area (Å²) >= 11 is 0. The van der Waals surface area contributed by atoms with Crippen molar-refractivity contribution in [1.82, 2.24) is 4.90 Å². The van der Waals surface area contributed by atoms with Crippen LogP contribution in [-0.4, -0.2) is 37.7 Å². The lowest BCUT2D eigenvalue weighted by atomic mass is 10.2. The van der Waals surface area contributed by atoms with Gasteiger partial charge in [0, 0.05) is 13.1 Å². The number of hydrogen-bond acceptors (Lipinski definition) is 4. The lowest BCUT2D eigenvalue weighted by Gasteiger charge is -2.22. The van der Waals surface area contributed by atoms with Gasteiger partial charge in [-0.2, -0.15) is 0 Å². The maximum Gasteiger partial charge on any atom is 0.342 e. The summed E-state index contributed by atoms with van der Waals surface area (Å²) in [7, 11) is 3.56. The fourth-order valence-electron chi connectivity index (χ4n) is 2.50. The molecule has 0 aliphatic rings. The van der Waals surface area contributed by atoms with E-state index >= 15 is 0 Å². The molecule has 1 unspecified atom stereocenters. The molecule has 2 rings (SSSR count). The molecule has 1 atom stereocenters. The third-order valence-electron chi connectivity index (χ3n) is 3.50. The topological polar surface area (TPSA) is 38.8 Å². The van der Waals surface area contributed by atoms with Crippen LogP contribution in [0.2, 0.25) is 0 Å². The molecule has 2 aromatic carbocycles. The predicted octanol–water partition coefficient (Wildman–Crippen LogP) is 3.37. The average Bonchev–Trinajstić information content (AvgIpc) is 2.55. The van der Waals surface area contributed by atoms with E-state index in [2.05, 4.69) is 17.0 Å². The molecule has 0 saturated carbocycles.